The van der Waals surface area contributed by atoms with Gasteiger partial charge in [0.2, 0.25) is 0 Å². The predicted molar refractivity (Wildman–Crippen MR) is 97.7 cm³/mol. The molecule has 0 saturated carbocycles. The molecule has 1 aromatic carbocycles. The number of ether oxygens (including phenoxy) is 2. The Bertz CT molecular complexity index is 726. The molecule has 1 unspecified atom stereocenters. The van der Waals surface area contributed by atoms with Crippen LogP contribution >= 0.6 is 11.3 Å². The highest BCUT2D eigenvalue weighted by Crippen LogP contribution is 2.27. The smallest absolute Gasteiger partial charge is 0.271 e. The van der Waals surface area contributed by atoms with E-state index in [0.717, 1.165) is 42.3 Å². The molecule has 1 aliphatic rings. The molecule has 25 heavy (non-hydrogen) atoms. The number of amides is 1. The molecule has 1 aromatic heterocycles. The minimum atomic E-state index is -0.163. The fourth-order valence-electron chi connectivity index (χ4n) is 2.91. The van der Waals surface area contributed by atoms with Crippen LogP contribution in [0.4, 0.5) is 0 Å². The number of carbonyl (C=O) groups is 1. The summed E-state index contributed by atoms with van der Waals surface area (Å²) in [5, 5.41) is 9.17. The molecule has 0 bridgehead atoms. The van der Waals surface area contributed by atoms with Crippen molar-refractivity contribution < 1.29 is 14.3 Å². The van der Waals surface area contributed by atoms with Gasteiger partial charge in [0, 0.05) is 36.0 Å². The number of rotatable bonds is 6. The fraction of sp³-hybridized carbons (Fsp3) is 0.444. The molecular weight excluding hydrogens is 338 g/mol. The van der Waals surface area contributed by atoms with Crippen LogP contribution in [0.15, 0.2) is 23.6 Å². The highest BCUT2D eigenvalue weighted by Gasteiger charge is 2.20. The van der Waals surface area contributed by atoms with Crippen LogP contribution in [0.5, 0.6) is 11.5 Å². The van der Waals surface area contributed by atoms with Crippen molar-refractivity contribution in [1.29, 1.82) is 0 Å². The van der Waals surface area contributed by atoms with E-state index in [-0.39, 0.29) is 5.91 Å². The molecule has 7 heteroatoms. The number of methoxy groups -OCH3 is 2. The van der Waals surface area contributed by atoms with E-state index in [1.165, 1.54) is 0 Å². The Morgan fingerprint density at radius 1 is 1.40 bits per heavy atom. The molecule has 2 N–H and O–H groups in total. The first-order chi connectivity index (χ1) is 12.2. The van der Waals surface area contributed by atoms with Crippen molar-refractivity contribution in [2.75, 3.05) is 27.3 Å². The molecule has 0 spiro atoms. The second-order valence-corrected chi connectivity index (χ2v) is 6.86. The number of thiazole rings is 1. The summed E-state index contributed by atoms with van der Waals surface area (Å²) < 4.78 is 10.5. The van der Waals surface area contributed by atoms with Crippen molar-refractivity contribution in [3.63, 3.8) is 0 Å². The van der Waals surface area contributed by atoms with Crippen LogP contribution in [0.2, 0.25) is 0 Å². The Labute approximate surface area is 151 Å². The van der Waals surface area contributed by atoms with Crippen LogP contribution < -0.4 is 20.1 Å². The molecule has 2 heterocycles. The Hall–Kier alpha value is -2.12. The van der Waals surface area contributed by atoms with E-state index in [1.54, 1.807) is 31.6 Å². The zero-order chi connectivity index (χ0) is 17.6. The number of nitrogens with zero attached hydrogens (tertiary/aromatic N) is 1. The fourth-order valence-corrected chi connectivity index (χ4v) is 3.84. The first-order valence-corrected chi connectivity index (χ1v) is 9.24. The lowest BCUT2D eigenvalue weighted by atomic mass is 10.0. The van der Waals surface area contributed by atoms with Crippen LogP contribution in [0.3, 0.4) is 0 Å². The topological polar surface area (TPSA) is 72.5 Å². The van der Waals surface area contributed by atoms with Gasteiger partial charge in [0.25, 0.3) is 5.91 Å². The maximum absolute atomic E-state index is 12.4. The molecule has 3 rings (SSSR count). The molecular formula is C18H23N3O3S. The van der Waals surface area contributed by atoms with Crippen molar-refractivity contribution >= 4 is 17.2 Å². The zero-order valence-electron chi connectivity index (χ0n) is 14.5. The van der Waals surface area contributed by atoms with Crippen LogP contribution in [0.1, 0.15) is 39.8 Å². The quantitative estimate of drug-likeness (QED) is 0.827. The van der Waals surface area contributed by atoms with Gasteiger partial charge in [-0.05, 0) is 31.5 Å². The number of carbonyl (C=O) groups excluding carboxylic acids is 1. The maximum atomic E-state index is 12.4. The Kier molecular flexibility index (Phi) is 5.88. The molecule has 1 saturated heterocycles. The first kappa shape index (κ1) is 17.7. The van der Waals surface area contributed by atoms with E-state index < -0.39 is 0 Å². The number of hydrogen-bond donors (Lipinski definition) is 2. The molecule has 0 aliphatic carbocycles. The molecule has 1 amide bonds. The Morgan fingerprint density at radius 3 is 3.00 bits per heavy atom. The van der Waals surface area contributed by atoms with Gasteiger partial charge in [-0.15, -0.1) is 11.3 Å². The van der Waals surface area contributed by atoms with Gasteiger partial charge < -0.3 is 20.1 Å². The largest absolute Gasteiger partial charge is 0.497 e. The summed E-state index contributed by atoms with van der Waals surface area (Å²) in [4.78, 5) is 16.9. The minimum absolute atomic E-state index is 0.163. The van der Waals surface area contributed by atoms with Gasteiger partial charge in [-0.25, -0.2) is 4.98 Å². The highest BCUT2D eigenvalue weighted by atomic mass is 32.1. The standard InChI is InChI=1S/C18H23N3O3S/c1-23-14-6-5-12(16(8-14)24-2)10-20-17(22)15-11-25-18(21-15)13-4-3-7-19-9-13/h5-6,8,11,13,19H,3-4,7,9-10H2,1-2H3,(H,20,22). The molecule has 6 nitrogen and oxygen atoms in total. The number of nitrogens with one attached hydrogen (secondary N) is 2. The summed E-state index contributed by atoms with van der Waals surface area (Å²) in [6.45, 7) is 2.39. The van der Waals surface area contributed by atoms with Crippen LogP contribution in [0.25, 0.3) is 0 Å². The van der Waals surface area contributed by atoms with Crippen LogP contribution in [0, 0.1) is 0 Å². The number of hydrogen-bond acceptors (Lipinski definition) is 6. The molecule has 2 aromatic rings. The van der Waals surface area contributed by atoms with Gasteiger partial charge in [-0.1, -0.05) is 0 Å². The number of benzene rings is 1. The van der Waals surface area contributed by atoms with E-state index >= 15 is 0 Å². The second kappa shape index (κ2) is 8.31. The summed E-state index contributed by atoms with van der Waals surface area (Å²) >= 11 is 1.57. The minimum Gasteiger partial charge on any atom is -0.497 e. The average Bonchev–Trinajstić information content (AvgIpc) is 3.17. The van der Waals surface area contributed by atoms with Gasteiger partial charge in [-0.2, -0.15) is 0 Å². The lowest BCUT2D eigenvalue weighted by Gasteiger charge is -2.20. The Balaban J connectivity index is 1.62. The van der Waals surface area contributed by atoms with Gasteiger partial charge >= 0.3 is 0 Å². The van der Waals surface area contributed by atoms with Crippen molar-refractivity contribution in [3.8, 4) is 11.5 Å². The van der Waals surface area contributed by atoms with Crippen molar-refractivity contribution in [1.82, 2.24) is 15.6 Å². The molecule has 1 aliphatic heterocycles. The van der Waals surface area contributed by atoms with E-state index in [1.807, 2.05) is 17.5 Å². The number of piperidine rings is 1. The van der Waals surface area contributed by atoms with Crippen LogP contribution in [-0.4, -0.2) is 38.2 Å². The third-order valence-corrected chi connectivity index (χ3v) is 5.34. The molecule has 1 atom stereocenters. The highest BCUT2D eigenvalue weighted by molar-refractivity contribution is 7.09. The summed E-state index contributed by atoms with van der Waals surface area (Å²) in [5.41, 5.74) is 1.38. The third-order valence-electron chi connectivity index (χ3n) is 4.33. The van der Waals surface area contributed by atoms with Crippen molar-refractivity contribution in [3.05, 3.63) is 39.8 Å². The predicted octanol–water partition coefficient (Wildman–Crippen LogP) is 2.56. The molecule has 0 radical (unpaired) electrons. The van der Waals surface area contributed by atoms with Gasteiger partial charge in [0.15, 0.2) is 0 Å². The summed E-state index contributed by atoms with van der Waals surface area (Å²) in [6, 6.07) is 5.54. The SMILES string of the molecule is COc1ccc(CNC(=O)c2csc(C3CCCNC3)n2)c(OC)c1. The molecule has 134 valence electrons. The monoisotopic (exact) mass is 361 g/mol. The van der Waals surface area contributed by atoms with Crippen molar-refractivity contribution in [2.45, 2.75) is 25.3 Å². The summed E-state index contributed by atoms with van der Waals surface area (Å²) in [6.07, 6.45) is 2.29. The normalized spacial score (nSPS) is 17.1. The van der Waals surface area contributed by atoms with E-state index in [4.69, 9.17) is 9.47 Å². The zero-order valence-corrected chi connectivity index (χ0v) is 15.3. The van der Waals surface area contributed by atoms with Crippen LogP contribution in [-0.2, 0) is 6.54 Å². The van der Waals surface area contributed by atoms with Gasteiger partial charge in [0.05, 0.1) is 19.2 Å². The number of aromatic nitrogens is 1. The van der Waals surface area contributed by atoms with E-state index in [0.29, 0.717) is 23.9 Å². The van der Waals surface area contributed by atoms with Crippen molar-refractivity contribution in [2.24, 2.45) is 0 Å². The lowest BCUT2D eigenvalue weighted by Crippen LogP contribution is -2.28. The lowest BCUT2D eigenvalue weighted by molar-refractivity contribution is 0.0946. The van der Waals surface area contributed by atoms with E-state index in [9.17, 15) is 4.79 Å². The maximum Gasteiger partial charge on any atom is 0.271 e. The second-order valence-electron chi connectivity index (χ2n) is 5.97. The van der Waals surface area contributed by atoms with Gasteiger partial charge in [0.1, 0.15) is 17.2 Å². The molecule has 1 fully saturated rings. The third kappa shape index (κ3) is 4.29. The first-order valence-electron chi connectivity index (χ1n) is 8.36. The average molecular weight is 361 g/mol. The van der Waals surface area contributed by atoms with E-state index in [2.05, 4.69) is 15.6 Å². The summed E-state index contributed by atoms with van der Waals surface area (Å²) in [7, 11) is 3.21. The van der Waals surface area contributed by atoms with Gasteiger partial charge in [-0.3, -0.25) is 4.79 Å². The summed E-state index contributed by atoms with van der Waals surface area (Å²) in [5.74, 6) is 1.66. The Morgan fingerprint density at radius 2 is 2.28 bits per heavy atom.